The van der Waals surface area contributed by atoms with Crippen molar-refractivity contribution < 1.29 is 4.79 Å². The minimum absolute atomic E-state index is 0.0186. The second-order valence-corrected chi connectivity index (χ2v) is 14.4. The third kappa shape index (κ3) is 11.1. The van der Waals surface area contributed by atoms with Gasteiger partial charge in [0.1, 0.15) is 0 Å². The minimum Gasteiger partial charge on any atom is -0.370 e. The summed E-state index contributed by atoms with van der Waals surface area (Å²) >= 11 is 0. The van der Waals surface area contributed by atoms with E-state index in [9.17, 15) is 0 Å². The first-order chi connectivity index (χ1) is 20.3. The van der Waals surface area contributed by atoms with Crippen LogP contribution in [0, 0.1) is 23.2 Å². The van der Waals surface area contributed by atoms with Crippen LogP contribution in [0.1, 0.15) is 182 Å². The molecule has 0 aromatic carbocycles. The maximum Gasteiger partial charge on any atom is 0.185 e. The topological polar surface area (TPSA) is 93.5 Å². The van der Waals surface area contributed by atoms with E-state index < -0.39 is 0 Å². The van der Waals surface area contributed by atoms with E-state index >= 15 is 4.79 Å². The molecular formula is C37H72N4O. The van der Waals surface area contributed by atoms with Gasteiger partial charge in [0.25, 0.3) is 0 Å². The fraction of sp³-hybridized carbons (Fsp3) is 0.946. The molecule has 0 aromatic heterocycles. The number of carbonyl (C=O) groups is 1. The lowest BCUT2D eigenvalue weighted by molar-refractivity contribution is -0.137. The molecule has 0 aliphatic heterocycles. The van der Waals surface area contributed by atoms with Gasteiger partial charge in [0, 0.05) is 17.5 Å². The molecule has 0 radical (unpaired) electrons. The standard InChI is InChI=1S/C37H72N4O/c1-6-36(7-2,31-23-19-15-13-14-16-20-24-31)34(42)33(29-30(5)27-28-40-35(38)39)41-37(8-3,9-4)32-25-21-17-11-10-12-18-22-26-32/h30-33,41H,6-29H2,1-5H3,(H4,38,39,40). The molecular weight excluding hydrogens is 516 g/mol. The lowest BCUT2D eigenvalue weighted by atomic mass is 9.62. The summed E-state index contributed by atoms with van der Waals surface area (Å²) in [5.41, 5.74) is 11.1. The summed E-state index contributed by atoms with van der Waals surface area (Å²) in [4.78, 5) is 19.5. The van der Waals surface area contributed by atoms with Crippen LogP contribution in [0.2, 0.25) is 0 Å². The summed E-state index contributed by atoms with van der Waals surface area (Å²) in [7, 11) is 0. The Balaban J connectivity index is 2.44. The molecule has 2 aliphatic rings. The Morgan fingerprint density at radius 2 is 1.14 bits per heavy atom. The van der Waals surface area contributed by atoms with E-state index in [1.807, 2.05) is 0 Å². The monoisotopic (exact) mass is 589 g/mol. The molecule has 5 nitrogen and oxygen atoms in total. The SMILES string of the molecule is CCC(CC)(NC(CC(C)CCN=C(N)N)C(=O)C(CC)(CC)C1CCCCCCCC1)C1CCCCCCCCC1. The van der Waals surface area contributed by atoms with Crippen molar-refractivity contribution in [3.05, 3.63) is 0 Å². The predicted molar refractivity (Wildman–Crippen MR) is 183 cm³/mol. The van der Waals surface area contributed by atoms with E-state index in [1.165, 1.54) is 109 Å². The number of hydrogen-bond acceptors (Lipinski definition) is 3. The molecule has 5 heteroatoms. The molecule has 2 rings (SSSR count). The van der Waals surface area contributed by atoms with Gasteiger partial charge in [0.05, 0.1) is 6.04 Å². The molecule has 5 N–H and O–H groups in total. The van der Waals surface area contributed by atoms with Crippen molar-refractivity contribution in [2.45, 2.75) is 194 Å². The second kappa shape index (κ2) is 20.0. The van der Waals surface area contributed by atoms with Crippen molar-refractivity contribution in [2.24, 2.45) is 39.6 Å². The zero-order valence-corrected chi connectivity index (χ0v) is 28.8. The highest BCUT2D eigenvalue weighted by Crippen LogP contribution is 2.45. The van der Waals surface area contributed by atoms with Gasteiger partial charge < -0.3 is 16.8 Å². The molecule has 42 heavy (non-hydrogen) atoms. The summed E-state index contributed by atoms with van der Waals surface area (Å²) in [5.74, 6) is 2.20. The van der Waals surface area contributed by atoms with Crippen LogP contribution >= 0.6 is 0 Å². The number of rotatable bonds is 15. The molecule has 0 spiro atoms. The third-order valence-corrected chi connectivity index (χ3v) is 11.9. The highest BCUT2D eigenvalue weighted by atomic mass is 16.1. The van der Waals surface area contributed by atoms with Gasteiger partial charge in [-0.15, -0.1) is 0 Å². The van der Waals surface area contributed by atoms with E-state index in [1.54, 1.807) is 0 Å². The number of Topliss-reactive ketones (excluding diaryl/α,β-unsaturated/α-hetero) is 1. The number of nitrogens with two attached hydrogens (primary N) is 2. The maximum absolute atomic E-state index is 15.2. The summed E-state index contributed by atoms with van der Waals surface area (Å²) < 4.78 is 0. The number of ketones is 1. The molecule has 246 valence electrons. The van der Waals surface area contributed by atoms with Gasteiger partial charge in [0.2, 0.25) is 0 Å². The largest absolute Gasteiger partial charge is 0.370 e. The zero-order valence-electron chi connectivity index (χ0n) is 28.8. The van der Waals surface area contributed by atoms with Crippen LogP contribution in [0.25, 0.3) is 0 Å². The Morgan fingerprint density at radius 1 is 0.714 bits per heavy atom. The third-order valence-electron chi connectivity index (χ3n) is 11.9. The smallest absolute Gasteiger partial charge is 0.185 e. The molecule has 0 saturated heterocycles. The van der Waals surface area contributed by atoms with Gasteiger partial charge in [-0.2, -0.15) is 0 Å². The average molecular weight is 589 g/mol. The zero-order chi connectivity index (χ0) is 30.8. The molecule has 2 aliphatic carbocycles. The average Bonchev–Trinajstić information content (AvgIpc) is 3.13. The summed E-state index contributed by atoms with van der Waals surface area (Å²) in [5, 5.41) is 4.27. The number of nitrogens with zero attached hydrogens (tertiary/aromatic N) is 1. The molecule has 0 heterocycles. The van der Waals surface area contributed by atoms with Crippen LogP contribution in [0.15, 0.2) is 4.99 Å². The van der Waals surface area contributed by atoms with Crippen molar-refractivity contribution >= 4 is 11.7 Å². The highest BCUT2D eigenvalue weighted by molar-refractivity contribution is 5.90. The van der Waals surface area contributed by atoms with Gasteiger partial charge in [-0.05, 0) is 82.0 Å². The molecule has 2 unspecified atom stereocenters. The molecule has 0 amide bonds. The first kappa shape index (κ1) is 37.1. The van der Waals surface area contributed by atoms with E-state index in [-0.39, 0.29) is 23.0 Å². The summed E-state index contributed by atoms with van der Waals surface area (Å²) in [6.45, 7) is 12.3. The minimum atomic E-state index is -0.231. The Morgan fingerprint density at radius 3 is 1.55 bits per heavy atom. The van der Waals surface area contributed by atoms with Crippen LogP contribution in [0.5, 0.6) is 0 Å². The molecule has 0 aromatic rings. The number of carbonyl (C=O) groups excluding carboxylic acids is 1. The van der Waals surface area contributed by atoms with E-state index in [0.29, 0.717) is 30.1 Å². The lowest BCUT2D eigenvalue weighted by Crippen LogP contribution is -2.60. The molecule has 0 bridgehead atoms. The Labute approximate surface area is 261 Å². The molecule has 2 saturated carbocycles. The Bertz CT molecular complexity index is 733. The summed E-state index contributed by atoms with van der Waals surface area (Å²) in [6, 6.07) is -0.109. The maximum atomic E-state index is 15.2. The van der Waals surface area contributed by atoms with Gasteiger partial charge in [0.15, 0.2) is 11.7 Å². The number of hydrogen-bond donors (Lipinski definition) is 3. The number of aliphatic imine (C=N–C) groups is 1. The first-order valence-corrected chi connectivity index (χ1v) is 18.7. The normalized spacial score (nSPS) is 21.0. The van der Waals surface area contributed by atoms with Crippen molar-refractivity contribution in [2.75, 3.05) is 6.54 Å². The van der Waals surface area contributed by atoms with Gasteiger partial charge in [-0.1, -0.05) is 118 Å². The van der Waals surface area contributed by atoms with Crippen LogP contribution in [0.3, 0.4) is 0 Å². The van der Waals surface area contributed by atoms with Gasteiger partial charge >= 0.3 is 0 Å². The van der Waals surface area contributed by atoms with E-state index in [0.717, 1.165) is 38.5 Å². The van der Waals surface area contributed by atoms with E-state index in [2.05, 4.69) is 44.9 Å². The van der Waals surface area contributed by atoms with Crippen LogP contribution in [-0.2, 0) is 4.79 Å². The first-order valence-electron chi connectivity index (χ1n) is 18.7. The second-order valence-electron chi connectivity index (χ2n) is 14.4. The molecule has 2 fully saturated rings. The van der Waals surface area contributed by atoms with Crippen molar-refractivity contribution in [3.8, 4) is 0 Å². The molecule has 2 atom stereocenters. The fourth-order valence-electron chi connectivity index (χ4n) is 8.93. The number of nitrogens with one attached hydrogen (secondary N) is 1. The Kier molecular flexibility index (Phi) is 17.7. The van der Waals surface area contributed by atoms with Crippen molar-refractivity contribution in [1.29, 1.82) is 0 Å². The van der Waals surface area contributed by atoms with Gasteiger partial charge in [-0.25, -0.2) is 0 Å². The fourth-order valence-corrected chi connectivity index (χ4v) is 8.93. The van der Waals surface area contributed by atoms with Crippen LogP contribution in [-0.4, -0.2) is 29.9 Å². The van der Waals surface area contributed by atoms with Gasteiger partial charge in [-0.3, -0.25) is 9.79 Å². The number of guanidine groups is 1. The van der Waals surface area contributed by atoms with E-state index in [4.69, 9.17) is 11.5 Å². The van der Waals surface area contributed by atoms with Crippen LogP contribution < -0.4 is 16.8 Å². The highest BCUT2D eigenvalue weighted by Gasteiger charge is 2.47. The van der Waals surface area contributed by atoms with Crippen molar-refractivity contribution in [3.63, 3.8) is 0 Å². The summed E-state index contributed by atoms with van der Waals surface area (Å²) in [6.07, 6.45) is 28.4. The van der Waals surface area contributed by atoms with Crippen LogP contribution in [0.4, 0.5) is 0 Å². The quantitative estimate of drug-likeness (QED) is 0.131. The lowest BCUT2D eigenvalue weighted by Gasteiger charge is -2.47. The van der Waals surface area contributed by atoms with Crippen molar-refractivity contribution in [1.82, 2.24) is 5.32 Å². The predicted octanol–water partition coefficient (Wildman–Crippen LogP) is 9.46. The Hall–Kier alpha value is -1.10.